The number of nitrogens with one attached hydrogen (secondary N) is 1. The van der Waals surface area contributed by atoms with Crippen LogP contribution in [-0.2, 0) is 0 Å². The third kappa shape index (κ3) is 3.32. The summed E-state index contributed by atoms with van der Waals surface area (Å²) < 4.78 is 13.3. The first-order valence-corrected chi connectivity index (χ1v) is 6.88. The number of nitrogens with two attached hydrogens (primary N) is 1. The zero-order valence-electron chi connectivity index (χ0n) is 12.0. The fourth-order valence-corrected chi connectivity index (χ4v) is 2.06. The molecular formula is C17H13FN4O. The molecule has 0 saturated carbocycles. The van der Waals surface area contributed by atoms with Crippen LogP contribution in [-0.4, -0.2) is 15.9 Å². The minimum absolute atomic E-state index is 0.0349. The molecule has 0 atom stereocenters. The van der Waals surface area contributed by atoms with Gasteiger partial charge in [0.2, 0.25) is 0 Å². The van der Waals surface area contributed by atoms with Crippen molar-refractivity contribution in [2.75, 3.05) is 11.1 Å². The highest BCUT2D eigenvalue weighted by molar-refractivity contribution is 6.07. The minimum atomic E-state index is -0.403. The number of carbonyl (C=O) groups excluding carboxylic acids is 1. The molecule has 5 nitrogen and oxygen atoms in total. The Morgan fingerprint density at radius 3 is 2.57 bits per heavy atom. The monoisotopic (exact) mass is 308 g/mol. The third-order valence-electron chi connectivity index (χ3n) is 3.18. The van der Waals surface area contributed by atoms with Crippen molar-refractivity contribution in [1.82, 2.24) is 9.97 Å². The van der Waals surface area contributed by atoms with Gasteiger partial charge in [0.1, 0.15) is 17.2 Å². The summed E-state index contributed by atoms with van der Waals surface area (Å²) in [6.45, 7) is 0. The van der Waals surface area contributed by atoms with E-state index in [1.165, 1.54) is 18.3 Å². The van der Waals surface area contributed by atoms with Gasteiger partial charge in [-0.25, -0.2) is 14.4 Å². The number of carbonyl (C=O) groups is 1. The van der Waals surface area contributed by atoms with E-state index in [1.807, 2.05) is 18.2 Å². The first-order valence-electron chi connectivity index (χ1n) is 6.88. The van der Waals surface area contributed by atoms with Gasteiger partial charge in [-0.15, -0.1) is 0 Å². The standard InChI is InChI=1S/C17H13FN4O/c18-12-6-4-5-11(9-12)16-20-10-14(15(19)22-16)17(23)21-13-7-2-1-3-8-13/h1-10H,(H,21,23)(H2,19,20,22). The van der Waals surface area contributed by atoms with E-state index in [2.05, 4.69) is 15.3 Å². The molecule has 2 aromatic carbocycles. The number of hydrogen-bond donors (Lipinski definition) is 2. The van der Waals surface area contributed by atoms with E-state index < -0.39 is 11.7 Å². The molecule has 0 bridgehead atoms. The molecule has 0 radical (unpaired) electrons. The number of benzene rings is 2. The summed E-state index contributed by atoms with van der Waals surface area (Å²) in [5.41, 5.74) is 7.14. The van der Waals surface area contributed by atoms with Crippen LogP contribution in [0.15, 0.2) is 60.8 Å². The molecule has 0 spiro atoms. The normalized spacial score (nSPS) is 10.3. The Balaban J connectivity index is 1.86. The lowest BCUT2D eigenvalue weighted by atomic mass is 10.2. The van der Waals surface area contributed by atoms with Crippen molar-refractivity contribution in [2.24, 2.45) is 0 Å². The van der Waals surface area contributed by atoms with Crippen molar-refractivity contribution in [2.45, 2.75) is 0 Å². The molecular weight excluding hydrogens is 295 g/mol. The summed E-state index contributed by atoms with van der Waals surface area (Å²) in [7, 11) is 0. The predicted molar refractivity (Wildman–Crippen MR) is 86.2 cm³/mol. The summed E-state index contributed by atoms with van der Waals surface area (Å²) >= 11 is 0. The first-order chi connectivity index (χ1) is 11.1. The second-order valence-corrected chi connectivity index (χ2v) is 4.82. The number of rotatable bonds is 3. The van der Waals surface area contributed by atoms with Gasteiger partial charge in [-0.05, 0) is 24.3 Å². The molecule has 114 valence electrons. The topological polar surface area (TPSA) is 80.9 Å². The van der Waals surface area contributed by atoms with Crippen LogP contribution in [0, 0.1) is 5.82 Å². The van der Waals surface area contributed by atoms with E-state index in [4.69, 9.17) is 5.73 Å². The Bertz CT molecular complexity index is 852. The average Bonchev–Trinajstić information content (AvgIpc) is 2.55. The van der Waals surface area contributed by atoms with E-state index in [0.717, 1.165) is 0 Å². The quantitative estimate of drug-likeness (QED) is 0.779. The molecule has 1 amide bonds. The highest BCUT2D eigenvalue weighted by Crippen LogP contribution is 2.19. The lowest BCUT2D eigenvalue weighted by Crippen LogP contribution is -2.15. The van der Waals surface area contributed by atoms with E-state index in [9.17, 15) is 9.18 Å². The molecule has 0 saturated heterocycles. The van der Waals surface area contributed by atoms with Crippen LogP contribution in [0.4, 0.5) is 15.9 Å². The summed E-state index contributed by atoms with van der Waals surface area (Å²) in [6, 6.07) is 14.8. The van der Waals surface area contributed by atoms with Crippen LogP contribution in [0.1, 0.15) is 10.4 Å². The smallest absolute Gasteiger partial charge is 0.260 e. The van der Waals surface area contributed by atoms with E-state index in [0.29, 0.717) is 11.3 Å². The van der Waals surface area contributed by atoms with Crippen molar-refractivity contribution >= 4 is 17.4 Å². The van der Waals surface area contributed by atoms with Crippen LogP contribution in [0.2, 0.25) is 0 Å². The fourth-order valence-electron chi connectivity index (χ4n) is 2.06. The Morgan fingerprint density at radius 1 is 1.09 bits per heavy atom. The van der Waals surface area contributed by atoms with Gasteiger partial charge in [-0.3, -0.25) is 4.79 Å². The minimum Gasteiger partial charge on any atom is -0.383 e. The number of para-hydroxylation sites is 1. The summed E-state index contributed by atoms with van der Waals surface area (Å²) in [4.78, 5) is 20.4. The number of nitrogens with zero attached hydrogens (tertiary/aromatic N) is 2. The molecule has 0 aliphatic heterocycles. The summed E-state index contributed by atoms with van der Waals surface area (Å²) in [6.07, 6.45) is 1.33. The number of amides is 1. The van der Waals surface area contributed by atoms with Crippen LogP contribution in [0.25, 0.3) is 11.4 Å². The van der Waals surface area contributed by atoms with Crippen LogP contribution >= 0.6 is 0 Å². The van der Waals surface area contributed by atoms with Crippen molar-refractivity contribution in [3.8, 4) is 11.4 Å². The first kappa shape index (κ1) is 14.6. The second kappa shape index (κ2) is 6.23. The molecule has 1 heterocycles. The number of hydrogen-bond acceptors (Lipinski definition) is 4. The molecule has 3 rings (SSSR count). The number of nitrogen functional groups attached to an aromatic ring is 1. The van der Waals surface area contributed by atoms with Crippen LogP contribution in [0.5, 0.6) is 0 Å². The van der Waals surface area contributed by atoms with Gasteiger partial charge in [0.05, 0.1) is 0 Å². The number of anilines is 2. The molecule has 3 aromatic rings. The zero-order valence-corrected chi connectivity index (χ0v) is 12.0. The average molecular weight is 308 g/mol. The van der Waals surface area contributed by atoms with Crippen LogP contribution in [0.3, 0.4) is 0 Å². The molecule has 23 heavy (non-hydrogen) atoms. The number of aromatic nitrogens is 2. The molecule has 0 fully saturated rings. The Kier molecular flexibility index (Phi) is 3.97. The summed E-state index contributed by atoms with van der Waals surface area (Å²) in [5.74, 6) is -0.499. The molecule has 6 heteroatoms. The maximum absolute atomic E-state index is 13.3. The highest BCUT2D eigenvalue weighted by Gasteiger charge is 2.13. The molecule has 0 unspecified atom stereocenters. The van der Waals surface area contributed by atoms with Gasteiger partial charge in [-0.1, -0.05) is 30.3 Å². The largest absolute Gasteiger partial charge is 0.383 e. The Labute approximate surface area is 132 Å². The van der Waals surface area contributed by atoms with Crippen molar-refractivity contribution in [3.05, 3.63) is 72.2 Å². The van der Waals surface area contributed by atoms with Gasteiger partial charge in [0.25, 0.3) is 5.91 Å². The third-order valence-corrected chi connectivity index (χ3v) is 3.18. The number of halogens is 1. The van der Waals surface area contributed by atoms with Gasteiger partial charge in [0, 0.05) is 17.4 Å². The van der Waals surface area contributed by atoms with Crippen molar-refractivity contribution in [1.29, 1.82) is 0 Å². The second-order valence-electron chi connectivity index (χ2n) is 4.82. The van der Waals surface area contributed by atoms with Gasteiger partial charge < -0.3 is 11.1 Å². The molecule has 1 aromatic heterocycles. The highest BCUT2D eigenvalue weighted by atomic mass is 19.1. The maximum Gasteiger partial charge on any atom is 0.260 e. The summed E-state index contributed by atoms with van der Waals surface area (Å²) in [5, 5.41) is 2.71. The Morgan fingerprint density at radius 2 is 1.87 bits per heavy atom. The SMILES string of the molecule is Nc1nc(-c2cccc(F)c2)ncc1C(=O)Nc1ccccc1. The van der Waals surface area contributed by atoms with Crippen LogP contribution < -0.4 is 11.1 Å². The molecule has 3 N–H and O–H groups in total. The van der Waals surface area contributed by atoms with E-state index >= 15 is 0 Å². The predicted octanol–water partition coefficient (Wildman–Crippen LogP) is 3.12. The lowest BCUT2D eigenvalue weighted by molar-refractivity contribution is 0.102. The van der Waals surface area contributed by atoms with Crippen molar-refractivity contribution < 1.29 is 9.18 Å². The lowest BCUT2D eigenvalue weighted by Gasteiger charge is -2.08. The van der Waals surface area contributed by atoms with Gasteiger partial charge in [0.15, 0.2) is 5.82 Å². The fraction of sp³-hybridized carbons (Fsp3) is 0. The van der Waals surface area contributed by atoms with Crippen molar-refractivity contribution in [3.63, 3.8) is 0 Å². The Hall–Kier alpha value is -3.28. The molecule has 0 aliphatic carbocycles. The van der Waals surface area contributed by atoms with E-state index in [-0.39, 0.29) is 17.2 Å². The van der Waals surface area contributed by atoms with Gasteiger partial charge >= 0.3 is 0 Å². The van der Waals surface area contributed by atoms with E-state index in [1.54, 1.807) is 24.3 Å². The molecule has 0 aliphatic rings. The van der Waals surface area contributed by atoms with Gasteiger partial charge in [-0.2, -0.15) is 0 Å². The maximum atomic E-state index is 13.3. The zero-order chi connectivity index (χ0) is 16.2.